The molecule has 1 aromatic heterocycles. The second-order valence-electron chi connectivity index (χ2n) is 6.98. The summed E-state index contributed by atoms with van der Waals surface area (Å²) in [7, 11) is 0. The minimum atomic E-state index is -1.06. The highest BCUT2D eigenvalue weighted by Crippen LogP contribution is 2.29. The number of carbonyl (C=O) groups excluding carboxylic acids is 2. The van der Waals surface area contributed by atoms with Crippen LogP contribution < -0.4 is 10.7 Å². The van der Waals surface area contributed by atoms with Gasteiger partial charge in [0.05, 0.1) is 25.8 Å². The number of hydrogen-bond acceptors (Lipinski definition) is 6. The molecule has 0 bridgehead atoms. The highest BCUT2D eigenvalue weighted by molar-refractivity contribution is 5.99. The number of aromatic hydroxyl groups is 1. The van der Waals surface area contributed by atoms with Crippen LogP contribution in [0.4, 0.5) is 8.78 Å². The van der Waals surface area contributed by atoms with Crippen LogP contribution in [-0.2, 0) is 17.8 Å². The number of nitrogens with zero attached hydrogens (tertiary/aromatic N) is 2. The molecule has 2 atom stereocenters. The first kappa shape index (κ1) is 20.0. The molecule has 0 radical (unpaired) electrons. The molecule has 0 saturated carbocycles. The fraction of sp³-hybridized carbons (Fsp3) is 0.316. The Bertz CT molecular complexity index is 1100. The maximum absolute atomic E-state index is 13.7. The number of aliphatic hydroxyl groups excluding tert-OH is 1. The van der Waals surface area contributed by atoms with Gasteiger partial charge in [0, 0.05) is 24.4 Å². The average Bonchev–Trinajstić information content (AvgIpc) is 3.13. The predicted molar refractivity (Wildman–Crippen MR) is 96.7 cm³/mol. The van der Waals surface area contributed by atoms with Gasteiger partial charge in [-0.2, -0.15) is 0 Å². The molecule has 1 saturated heterocycles. The summed E-state index contributed by atoms with van der Waals surface area (Å²) in [5.74, 6) is -4.12. The molecule has 1 fully saturated rings. The summed E-state index contributed by atoms with van der Waals surface area (Å²) in [6.07, 6.45) is 0.409. The first-order valence-electron chi connectivity index (χ1n) is 9.05. The molecule has 3 heterocycles. The van der Waals surface area contributed by atoms with Gasteiger partial charge in [-0.25, -0.2) is 8.78 Å². The molecule has 30 heavy (non-hydrogen) atoms. The van der Waals surface area contributed by atoms with Crippen molar-refractivity contribution in [1.82, 2.24) is 14.8 Å². The summed E-state index contributed by atoms with van der Waals surface area (Å²) >= 11 is 0. The molecule has 2 aromatic rings. The number of nitrogens with one attached hydrogen (secondary N) is 1. The van der Waals surface area contributed by atoms with Crippen LogP contribution in [0.15, 0.2) is 29.2 Å². The Morgan fingerprint density at radius 2 is 2.07 bits per heavy atom. The van der Waals surface area contributed by atoms with Gasteiger partial charge in [-0.3, -0.25) is 14.4 Å². The molecule has 2 aliphatic heterocycles. The second-order valence-corrected chi connectivity index (χ2v) is 6.98. The van der Waals surface area contributed by atoms with Crippen LogP contribution >= 0.6 is 0 Å². The number of aromatic nitrogens is 1. The summed E-state index contributed by atoms with van der Waals surface area (Å²) in [5.41, 5.74) is -1.81. The summed E-state index contributed by atoms with van der Waals surface area (Å²) in [4.78, 5) is 39.0. The fourth-order valence-electron chi connectivity index (χ4n) is 3.60. The van der Waals surface area contributed by atoms with E-state index in [1.807, 2.05) is 0 Å². The van der Waals surface area contributed by atoms with Crippen molar-refractivity contribution in [1.29, 1.82) is 0 Å². The molecule has 11 heteroatoms. The third kappa shape index (κ3) is 3.21. The van der Waals surface area contributed by atoms with Gasteiger partial charge in [0.15, 0.2) is 17.7 Å². The number of rotatable bonds is 4. The quantitative estimate of drug-likeness (QED) is 0.636. The zero-order valence-corrected chi connectivity index (χ0v) is 15.5. The van der Waals surface area contributed by atoms with Crippen LogP contribution in [0.2, 0.25) is 0 Å². The Hall–Kier alpha value is -3.31. The van der Waals surface area contributed by atoms with Crippen molar-refractivity contribution < 1.29 is 33.3 Å². The molecule has 158 valence electrons. The topological polar surface area (TPSA) is 121 Å². The van der Waals surface area contributed by atoms with E-state index in [1.54, 1.807) is 0 Å². The summed E-state index contributed by atoms with van der Waals surface area (Å²) in [6, 6.07) is 2.26. The molecule has 0 spiro atoms. The zero-order valence-electron chi connectivity index (χ0n) is 15.5. The van der Waals surface area contributed by atoms with Crippen molar-refractivity contribution >= 4 is 11.8 Å². The van der Waals surface area contributed by atoms with Crippen LogP contribution in [-0.4, -0.2) is 57.0 Å². The lowest BCUT2D eigenvalue weighted by molar-refractivity contribution is 0.00378. The second kappa shape index (κ2) is 7.50. The smallest absolute Gasteiger partial charge is 0.277 e. The van der Waals surface area contributed by atoms with Gasteiger partial charge >= 0.3 is 0 Å². The number of fused-ring (bicyclic) bond motifs is 2. The molecule has 0 unspecified atom stereocenters. The molecule has 0 aliphatic carbocycles. The van der Waals surface area contributed by atoms with Crippen LogP contribution in [0.3, 0.4) is 0 Å². The van der Waals surface area contributed by atoms with Crippen LogP contribution in [0, 0.1) is 11.6 Å². The van der Waals surface area contributed by atoms with Gasteiger partial charge in [0.25, 0.3) is 11.8 Å². The Morgan fingerprint density at radius 1 is 1.30 bits per heavy atom. The minimum Gasteiger partial charge on any atom is -0.503 e. The Kier molecular flexibility index (Phi) is 5.00. The van der Waals surface area contributed by atoms with E-state index in [4.69, 9.17) is 4.74 Å². The maximum Gasteiger partial charge on any atom is 0.277 e. The normalized spacial score (nSPS) is 20.1. The Balaban J connectivity index is 1.62. The van der Waals surface area contributed by atoms with E-state index in [1.165, 1.54) is 9.47 Å². The van der Waals surface area contributed by atoms with E-state index in [0.717, 1.165) is 18.3 Å². The highest BCUT2D eigenvalue weighted by Gasteiger charge is 2.44. The van der Waals surface area contributed by atoms with Crippen LogP contribution in [0.1, 0.15) is 26.4 Å². The Morgan fingerprint density at radius 3 is 2.77 bits per heavy atom. The van der Waals surface area contributed by atoms with Crippen molar-refractivity contribution in [3.8, 4) is 5.75 Å². The lowest BCUT2D eigenvalue weighted by atomic mass is 10.1. The summed E-state index contributed by atoms with van der Waals surface area (Å²) in [6.45, 7) is -0.515. The number of halogens is 2. The van der Waals surface area contributed by atoms with Crippen LogP contribution in [0.25, 0.3) is 0 Å². The molecular formula is C19H17F2N3O6. The third-order valence-electron chi connectivity index (χ3n) is 5.14. The first-order valence-corrected chi connectivity index (χ1v) is 9.05. The number of aliphatic hydroxyl groups is 1. The number of benzene rings is 1. The summed E-state index contributed by atoms with van der Waals surface area (Å²) < 4.78 is 33.4. The van der Waals surface area contributed by atoms with Gasteiger partial charge in [0.1, 0.15) is 17.2 Å². The molecule has 1 aromatic carbocycles. The van der Waals surface area contributed by atoms with Crippen molar-refractivity contribution in [2.75, 3.05) is 13.2 Å². The van der Waals surface area contributed by atoms with E-state index in [0.29, 0.717) is 6.07 Å². The van der Waals surface area contributed by atoms with E-state index < -0.39 is 52.5 Å². The maximum atomic E-state index is 13.7. The third-order valence-corrected chi connectivity index (χ3v) is 5.14. The molecule has 3 N–H and O–H groups in total. The SMILES string of the molecule is O=C(NCc1ccc(F)cc1F)c1cn2c(c(O)c1=O)C(=O)N1[C@@H](CO)CO[C@@H]1C2. The molecule has 2 amide bonds. The fourth-order valence-corrected chi connectivity index (χ4v) is 3.60. The number of ether oxygens (including phenoxy) is 1. The van der Waals surface area contributed by atoms with E-state index in [2.05, 4.69) is 5.32 Å². The number of hydrogen-bond donors (Lipinski definition) is 3. The number of amides is 2. The molecule has 2 aliphatic rings. The lowest BCUT2D eigenvalue weighted by Crippen LogP contribution is -2.50. The van der Waals surface area contributed by atoms with Crippen LogP contribution in [0.5, 0.6) is 5.75 Å². The monoisotopic (exact) mass is 421 g/mol. The molecule has 9 nitrogen and oxygen atoms in total. The van der Waals surface area contributed by atoms with Gasteiger partial charge in [-0.05, 0) is 6.07 Å². The minimum absolute atomic E-state index is 0.00672. The summed E-state index contributed by atoms with van der Waals surface area (Å²) in [5, 5.41) is 22.0. The largest absolute Gasteiger partial charge is 0.503 e. The zero-order chi connectivity index (χ0) is 21.6. The van der Waals surface area contributed by atoms with Gasteiger partial charge < -0.3 is 29.7 Å². The van der Waals surface area contributed by atoms with Gasteiger partial charge in [-0.15, -0.1) is 0 Å². The molecule has 4 rings (SSSR count). The lowest BCUT2D eigenvalue weighted by Gasteiger charge is -2.34. The van der Waals surface area contributed by atoms with Gasteiger partial charge in [0.2, 0.25) is 5.43 Å². The van der Waals surface area contributed by atoms with Crippen molar-refractivity contribution in [2.24, 2.45) is 0 Å². The van der Waals surface area contributed by atoms with Crippen molar-refractivity contribution in [2.45, 2.75) is 25.4 Å². The Labute approximate surface area is 168 Å². The highest BCUT2D eigenvalue weighted by atomic mass is 19.1. The van der Waals surface area contributed by atoms with E-state index in [9.17, 15) is 33.4 Å². The predicted octanol–water partition coefficient (Wildman–Crippen LogP) is -0.0649. The average molecular weight is 421 g/mol. The van der Waals surface area contributed by atoms with Crippen molar-refractivity contribution in [3.05, 3.63) is 63.1 Å². The van der Waals surface area contributed by atoms with E-state index in [-0.39, 0.29) is 37.6 Å². The molecular weight excluding hydrogens is 404 g/mol. The van der Waals surface area contributed by atoms with Crippen molar-refractivity contribution in [3.63, 3.8) is 0 Å². The standard InChI is InChI=1S/C19H17F2N3O6/c20-10-2-1-9(13(21)3-10)4-22-18(28)12-5-23-6-14-24(11(7-25)8-30-14)19(29)15(23)17(27)16(12)26/h1-3,5,11,14,25,27H,4,6-8H2,(H,22,28)/t11-,14+/m0/s1. The van der Waals surface area contributed by atoms with E-state index >= 15 is 0 Å². The van der Waals surface area contributed by atoms with Gasteiger partial charge in [-0.1, -0.05) is 6.07 Å². The first-order chi connectivity index (χ1) is 14.3. The number of pyridine rings is 1. The number of carbonyl (C=O) groups is 2.